The van der Waals surface area contributed by atoms with Crippen molar-refractivity contribution in [3.05, 3.63) is 76.9 Å². The molecule has 1 unspecified atom stereocenters. The number of carbonyl (C=O) groups is 1. The monoisotopic (exact) mass is 387 g/mol. The third-order valence-corrected chi connectivity index (χ3v) is 5.62. The van der Waals surface area contributed by atoms with Crippen LogP contribution in [0.5, 0.6) is 0 Å². The Kier molecular flexibility index (Phi) is 4.39. The highest BCUT2D eigenvalue weighted by atomic mass is 16.3. The van der Waals surface area contributed by atoms with Crippen LogP contribution in [0.25, 0.3) is 22.0 Å². The Hall–Kier alpha value is -3.41. The van der Waals surface area contributed by atoms with Gasteiger partial charge in [0.1, 0.15) is 12.1 Å². The lowest BCUT2D eigenvalue weighted by atomic mass is 9.98. The maximum atomic E-state index is 13.0. The van der Waals surface area contributed by atoms with E-state index >= 15 is 0 Å². The molecule has 0 saturated carbocycles. The van der Waals surface area contributed by atoms with Crippen LogP contribution < -0.4 is 5.43 Å². The zero-order chi connectivity index (χ0) is 19.8. The third kappa shape index (κ3) is 3.31. The van der Waals surface area contributed by atoms with E-state index in [1.54, 1.807) is 12.3 Å². The minimum absolute atomic E-state index is 0.0294. The van der Waals surface area contributed by atoms with Gasteiger partial charge >= 0.3 is 0 Å². The Bertz CT molecular complexity index is 1220. The second-order valence-corrected chi connectivity index (χ2v) is 7.52. The van der Waals surface area contributed by atoms with E-state index in [1.807, 2.05) is 51.9 Å². The van der Waals surface area contributed by atoms with Crippen molar-refractivity contribution in [1.82, 2.24) is 14.5 Å². The molecular formula is C23H21N3O3. The number of likely N-dealkylation sites (tertiary alicyclic amines) is 1. The van der Waals surface area contributed by atoms with E-state index in [2.05, 4.69) is 4.98 Å². The first-order valence-corrected chi connectivity index (χ1v) is 9.90. The summed E-state index contributed by atoms with van der Waals surface area (Å²) < 4.78 is 7.79. The number of pyridine rings is 1. The van der Waals surface area contributed by atoms with E-state index < -0.39 is 0 Å². The summed E-state index contributed by atoms with van der Waals surface area (Å²) >= 11 is 0. The van der Waals surface area contributed by atoms with Gasteiger partial charge in [-0.05, 0) is 37.1 Å². The van der Waals surface area contributed by atoms with E-state index in [-0.39, 0.29) is 23.8 Å². The molecule has 3 heterocycles. The molecular weight excluding hydrogens is 366 g/mol. The molecule has 1 aliphatic rings. The minimum Gasteiger partial charge on any atom is -0.440 e. The lowest BCUT2D eigenvalue weighted by Gasteiger charge is -2.31. The van der Waals surface area contributed by atoms with Crippen molar-refractivity contribution in [2.75, 3.05) is 13.1 Å². The number of amides is 1. The number of hydrogen-bond donors (Lipinski definition) is 0. The van der Waals surface area contributed by atoms with E-state index in [1.165, 1.54) is 6.07 Å². The fourth-order valence-electron chi connectivity index (χ4n) is 4.11. The van der Waals surface area contributed by atoms with Crippen molar-refractivity contribution < 1.29 is 9.21 Å². The van der Waals surface area contributed by atoms with E-state index in [9.17, 15) is 9.59 Å². The Labute approximate surface area is 167 Å². The average molecular weight is 387 g/mol. The van der Waals surface area contributed by atoms with Gasteiger partial charge in [0, 0.05) is 30.7 Å². The molecule has 0 N–H and O–H groups in total. The second kappa shape index (κ2) is 7.20. The molecule has 1 aliphatic heterocycles. The molecule has 29 heavy (non-hydrogen) atoms. The Morgan fingerprint density at radius 2 is 1.93 bits per heavy atom. The molecule has 0 spiro atoms. The summed E-state index contributed by atoms with van der Waals surface area (Å²) in [6.45, 7) is 1.54. The number of oxazole rings is 1. The third-order valence-electron chi connectivity index (χ3n) is 5.62. The van der Waals surface area contributed by atoms with Gasteiger partial charge in [-0.3, -0.25) is 9.59 Å². The average Bonchev–Trinajstić information content (AvgIpc) is 3.20. The molecule has 1 atom stereocenters. The first-order chi connectivity index (χ1) is 14.2. The molecule has 0 aliphatic carbocycles. The number of rotatable bonds is 3. The molecule has 6 nitrogen and oxygen atoms in total. The van der Waals surface area contributed by atoms with Crippen LogP contribution in [0.2, 0.25) is 0 Å². The van der Waals surface area contributed by atoms with Crippen LogP contribution in [0.1, 0.15) is 24.7 Å². The number of aromatic nitrogens is 2. The number of piperidine rings is 1. The summed E-state index contributed by atoms with van der Waals surface area (Å²) in [6, 6.07) is 16.6. The van der Waals surface area contributed by atoms with Gasteiger partial charge < -0.3 is 13.9 Å². The first-order valence-electron chi connectivity index (χ1n) is 9.90. The molecule has 0 bridgehead atoms. The number of hydrogen-bond acceptors (Lipinski definition) is 4. The van der Waals surface area contributed by atoms with Crippen LogP contribution in [0.15, 0.2) is 70.0 Å². The summed E-state index contributed by atoms with van der Waals surface area (Å²) in [5.41, 5.74) is 2.38. The van der Waals surface area contributed by atoms with E-state index in [0.29, 0.717) is 17.8 Å². The van der Waals surface area contributed by atoms with Gasteiger partial charge in [-0.25, -0.2) is 4.98 Å². The summed E-state index contributed by atoms with van der Waals surface area (Å²) in [7, 11) is 0. The summed E-state index contributed by atoms with van der Waals surface area (Å²) in [4.78, 5) is 31.6. The molecule has 1 saturated heterocycles. The van der Waals surface area contributed by atoms with E-state index in [0.717, 1.165) is 36.0 Å². The zero-order valence-electron chi connectivity index (χ0n) is 16.0. The lowest BCUT2D eigenvalue weighted by molar-refractivity contribution is -0.133. The minimum atomic E-state index is -0.0294. The smallest absolute Gasteiger partial charge is 0.242 e. The first kappa shape index (κ1) is 17.7. The van der Waals surface area contributed by atoms with Crippen molar-refractivity contribution in [3.8, 4) is 0 Å². The molecule has 4 aromatic rings. The number of fused-ring (bicyclic) bond motifs is 2. The quantitative estimate of drug-likeness (QED) is 0.539. The van der Waals surface area contributed by atoms with Crippen LogP contribution in [0, 0.1) is 0 Å². The molecule has 2 aromatic carbocycles. The van der Waals surface area contributed by atoms with Gasteiger partial charge in [-0.1, -0.05) is 24.3 Å². The van der Waals surface area contributed by atoms with E-state index in [4.69, 9.17) is 4.42 Å². The Balaban J connectivity index is 1.36. The van der Waals surface area contributed by atoms with Crippen molar-refractivity contribution in [1.29, 1.82) is 0 Å². The van der Waals surface area contributed by atoms with Gasteiger partial charge in [0.15, 0.2) is 16.9 Å². The van der Waals surface area contributed by atoms with Crippen molar-refractivity contribution in [2.45, 2.75) is 25.3 Å². The fourth-order valence-corrected chi connectivity index (χ4v) is 4.11. The lowest BCUT2D eigenvalue weighted by Crippen LogP contribution is -2.41. The maximum absolute atomic E-state index is 13.0. The Morgan fingerprint density at radius 3 is 2.83 bits per heavy atom. The highest BCUT2D eigenvalue weighted by Gasteiger charge is 2.28. The highest BCUT2D eigenvalue weighted by molar-refractivity contribution is 5.82. The van der Waals surface area contributed by atoms with Crippen LogP contribution in [0.4, 0.5) is 0 Å². The van der Waals surface area contributed by atoms with Crippen molar-refractivity contribution in [2.24, 2.45) is 0 Å². The van der Waals surface area contributed by atoms with Gasteiger partial charge in [-0.15, -0.1) is 0 Å². The SMILES string of the molecule is O=C(Cn1ccc(=O)c2ccccc21)N1CCCC(c2nc3ccccc3o2)C1. The maximum Gasteiger partial charge on any atom is 0.242 e. The topological polar surface area (TPSA) is 68.3 Å². The van der Waals surface area contributed by atoms with Crippen molar-refractivity contribution in [3.63, 3.8) is 0 Å². The highest BCUT2D eigenvalue weighted by Crippen LogP contribution is 2.29. The number of para-hydroxylation sites is 3. The molecule has 146 valence electrons. The van der Waals surface area contributed by atoms with Gasteiger partial charge in [0.05, 0.1) is 11.4 Å². The van der Waals surface area contributed by atoms with Crippen molar-refractivity contribution >= 4 is 27.9 Å². The molecule has 5 rings (SSSR count). The fraction of sp³-hybridized carbons (Fsp3) is 0.261. The molecule has 0 radical (unpaired) electrons. The normalized spacial score (nSPS) is 17.1. The zero-order valence-corrected chi connectivity index (χ0v) is 16.0. The van der Waals surface area contributed by atoms with Gasteiger partial charge in [0.2, 0.25) is 5.91 Å². The van der Waals surface area contributed by atoms with Gasteiger partial charge in [0.25, 0.3) is 0 Å². The number of carbonyl (C=O) groups excluding carboxylic acids is 1. The van der Waals surface area contributed by atoms with Crippen LogP contribution in [-0.2, 0) is 11.3 Å². The number of nitrogens with zero attached hydrogens (tertiary/aromatic N) is 3. The summed E-state index contributed by atoms with van der Waals surface area (Å²) in [5.74, 6) is 0.850. The number of benzene rings is 2. The second-order valence-electron chi connectivity index (χ2n) is 7.52. The van der Waals surface area contributed by atoms with Crippen LogP contribution >= 0.6 is 0 Å². The van der Waals surface area contributed by atoms with Gasteiger partial charge in [-0.2, -0.15) is 0 Å². The molecule has 1 amide bonds. The Morgan fingerprint density at radius 1 is 1.10 bits per heavy atom. The largest absolute Gasteiger partial charge is 0.440 e. The molecule has 1 fully saturated rings. The summed E-state index contributed by atoms with van der Waals surface area (Å²) in [6.07, 6.45) is 3.57. The standard InChI is InChI=1S/C23H21N3O3/c27-20-11-13-25(19-9-3-1-7-17(19)20)15-22(28)26-12-5-6-16(14-26)23-24-18-8-2-4-10-21(18)29-23/h1-4,7-11,13,16H,5-6,12,14-15H2. The van der Waals surface area contributed by atoms with Crippen LogP contribution in [0.3, 0.4) is 0 Å². The predicted molar refractivity (Wildman–Crippen MR) is 111 cm³/mol. The molecule has 6 heteroatoms. The van der Waals surface area contributed by atoms with Crippen LogP contribution in [-0.4, -0.2) is 33.4 Å². The predicted octanol–water partition coefficient (Wildman–Crippen LogP) is 3.55. The molecule has 2 aromatic heterocycles. The summed E-state index contributed by atoms with van der Waals surface area (Å²) in [5, 5.41) is 0.630.